The van der Waals surface area contributed by atoms with Gasteiger partial charge < -0.3 is 10.6 Å². The van der Waals surface area contributed by atoms with Gasteiger partial charge in [-0.05, 0) is 49.1 Å². The molecule has 5 nitrogen and oxygen atoms in total. The van der Waals surface area contributed by atoms with E-state index < -0.39 is 23.5 Å². The van der Waals surface area contributed by atoms with Crippen molar-refractivity contribution in [3.8, 4) is 0 Å². The van der Waals surface area contributed by atoms with Crippen LogP contribution in [0.2, 0.25) is 0 Å². The molecule has 1 aliphatic heterocycles. The molecule has 1 amide bonds. The standard InChI is InChI=1S/C28H23F2N3O2/c1-16-25(28(35)33-21-11-10-19(29)15-20(21)30)27(22-9-5-6-12-31-22)26-23(32-16)13-18(14-24(26)34)17-7-3-2-4-8-17/h2-12,15,18,27,32H,13-14H2,1H3,(H,33,35). The van der Waals surface area contributed by atoms with E-state index in [1.165, 1.54) is 6.07 Å². The molecule has 3 aromatic rings. The molecule has 1 aliphatic carbocycles. The van der Waals surface area contributed by atoms with Crippen LogP contribution >= 0.6 is 0 Å². The second kappa shape index (κ2) is 9.25. The Morgan fingerprint density at radius 1 is 1.03 bits per heavy atom. The molecule has 2 aliphatic rings. The summed E-state index contributed by atoms with van der Waals surface area (Å²) in [5, 5.41) is 5.83. The zero-order valence-electron chi connectivity index (χ0n) is 19.0. The smallest absolute Gasteiger partial charge is 0.254 e. The first-order chi connectivity index (χ1) is 16.9. The van der Waals surface area contributed by atoms with Crippen molar-refractivity contribution < 1.29 is 18.4 Å². The fraction of sp³-hybridized carbons (Fsp3) is 0.179. The molecule has 35 heavy (non-hydrogen) atoms. The van der Waals surface area contributed by atoms with Crippen molar-refractivity contribution in [1.29, 1.82) is 0 Å². The largest absolute Gasteiger partial charge is 0.362 e. The van der Waals surface area contributed by atoms with E-state index in [1.807, 2.05) is 30.3 Å². The molecule has 2 atom stereocenters. The Morgan fingerprint density at radius 3 is 2.51 bits per heavy atom. The van der Waals surface area contributed by atoms with Crippen LogP contribution in [0.1, 0.15) is 42.9 Å². The van der Waals surface area contributed by atoms with Crippen LogP contribution in [0.4, 0.5) is 14.5 Å². The molecule has 0 bridgehead atoms. The Labute approximate surface area is 201 Å². The van der Waals surface area contributed by atoms with Crippen LogP contribution in [0, 0.1) is 11.6 Å². The maximum Gasteiger partial charge on any atom is 0.254 e. The predicted octanol–water partition coefficient (Wildman–Crippen LogP) is 5.36. The van der Waals surface area contributed by atoms with Gasteiger partial charge in [0.25, 0.3) is 5.91 Å². The molecule has 7 heteroatoms. The third-order valence-electron chi connectivity index (χ3n) is 6.51. The zero-order valence-corrected chi connectivity index (χ0v) is 19.0. The number of nitrogens with one attached hydrogen (secondary N) is 2. The lowest BCUT2D eigenvalue weighted by Crippen LogP contribution is -2.37. The van der Waals surface area contributed by atoms with Gasteiger partial charge in [-0.2, -0.15) is 0 Å². The number of rotatable bonds is 4. The molecule has 5 rings (SSSR count). The van der Waals surface area contributed by atoms with Gasteiger partial charge in [0.15, 0.2) is 5.78 Å². The van der Waals surface area contributed by atoms with Gasteiger partial charge in [0.05, 0.1) is 17.3 Å². The van der Waals surface area contributed by atoms with Gasteiger partial charge in [0, 0.05) is 41.2 Å². The van der Waals surface area contributed by atoms with Crippen LogP contribution in [0.5, 0.6) is 0 Å². The SMILES string of the molecule is CC1=C(C(=O)Nc2ccc(F)cc2F)C(c2ccccn2)C2=C(CC(c3ccccc3)CC2=O)N1. The second-order valence-corrected chi connectivity index (χ2v) is 8.76. The van der Waals surface area contributed by atoms with E-state index in [4.69, 9.17) is 0 Å². The summed E-state index contributed by atoms with van der Waals surface area (Å²) in [7, 11) is 0. The predicted molar refractivity (Wildman–Crippen MR) is 128 cm³/mol. The minimum Gasteiger partial charge on any atom is -0.362 e. The number of carbonyl (C=O) groups is 2. The molecular weight excluding hydrogens is 448 g/mol. The molecule has 0 fully saturated rings. The van der Waals surface area contributed by atoms with Crippen molar-refractivity contribution in [3.05, 3.63) is 118 Å². The highest BCUT2D eigenvalue weighted by Crippen LogP contribution is 2.45. The fourth-order valence-corrected chi connectivity index (χ4v) is 4.92. The van der Waals surface area contributed by atoms with Gasteiger partial charge >= 0.3 is 0 Å². The van der Waals surface area contributed by atoms with Crippen molar-refractivity contribution in [2.45, 2.75) is 31.6 Å². The molecule has 0 spiro atoms. The number of dihydropyridines is 1. The van der Waals surface area contributed by atoms with Crippen LogP contribution in [-0.2, 0) is 9.59 Å². The number of halogens is 2. The van der Waals surface area contributed by atoms with E-state index in [0.29, 0.717) is 35.9 Å². The molecule has 1 aromatic heterocycles. The molecule has 2 N–H and O–H groups in total. The molecule has 0 saturated carbocycles. The van der Waals surface area contributed by atoms with E-state index in [-0.39, 0.29) is 23.0 Å². The van der Waals surface area contributed by atoms with Gasteiger partial charge in [-0.25, -0.2) is 8.78 Å². The van der Waals surface area contributed by atoms with Crippen molar-refractivity contribution >= 4 is 17.4 Å². The third-order valence-corrected chi connectivity index (χ3v) is 6.51. The number of Topliss-reactive ketones (excluding diaryl/α,β-unsaturated/α-hetero) is 1. The minimum absolute atomic E-state index is 0.0239. The summed E-state index contributed by atoms with van der Waals surface area (Å²) in [6.45, 7) is 1.76. The lowest BCUT2D eigenvalue weighted by Gasteiger charge is -2.36. The van der Waals surface area contributed by atoms with Gasteiger partial charge in [0.1, 0.15) is 11.6 Å². The molecule has 0 saturated heterocycles. The van der Waals surface area contributed by atoms with Gasteiger partial charge in [-0.1, -0.05) is 36.4 Å². The summed E-state index contributed by atoms with van der Waals surface area (Å²) >= 11 is 0. The van der Waals surface area contributed by atoms with Crippen LogP contribution in [0.25, 0.3) is 0 Å². The molecule has 2 aromatic carbocycles. The normalized spacial score (nSPS) is 19.8. The second-order valence-electron chi connectivity index (χ2n) is 8.76. The van der Waals surface area contributed by atoms with Crippen molar-refractivity contribution in [2.24, 2.45) is 0 Å². The average molecular weight is 472 g/mol. The quantitative estimate of drug-likeness (QED) is 0.538. The lowest BCUT2D eigenvalue weighted by molar-refractivity contribution is -0.116. The molecule has 0 radical (unpaired) electrons. The molecular formula is C28H23F2N3O2. The number of nitrogens with zero attached hydrogens (tertiary/aromatic N) is 1. The van der Waals surface area contributed by atoms with Crippen LogP contribution < -0.4 is 10.6 Å². The van der Waals surface area contributed by atoms with Crippen LogP contribution in [0.3, 0.4) is 0 Å². The number of hydrogen-bond donors (Lipinski definition) is 2. The molecule has 2 unspecified atom stereocenters. The maximum absolute atomic E-state index is 14.3. The number of amides is 1. The Balaban J connectivity index is 1.55. The maximum atomic E-state index is 14.3. The first-order valence-electron chi connectivity index (χ1n) is 11.4. The summed E-state index contributed by atoms with van der Waals surface area (Å²) in [5.74, 6) is -2.95. The Morgan fingerprint density at radius 2 is 1.80 bits per heavy atom. The van der Waals surface area contributed by atoms with E-state index in [9.17, 15) is 18.4 Å². The summed E-state index contributed by atoms with van der Waals surface area (Å²) in [6.07, 6.45) is 2.55. The number of ketones is 1. The van der Waals surface area contributed by atoms with E-state index in [1.54, 1.807) is 31.3 Å². The summed E-state index contributed by atoms with van der Waals surface area (Å²) in [5.41, 5.74) is 3.60. The first-order valence-corrected chi connectivity index (χ1v) is 11.4. The number of hydrogen-bond acceptors (Lipinski definition) is 4. The summed E-state index contributed by atoms with van der Waals surface area (Å²) in [4.78, 5) is 31.4. The van der Waals surface area contributed by atoms with Crippen LogP contribution in [0.15, 0.2) is 95.5 Å². The summed E-state index contributed by atoms with van der Waals surface area (Å²) in [6, 6.07) is 18.2. The van der Waals surface area contributed by atoms with Crippen LogP contribution in [-0.4, -0.2) is 16.7 Å². The summed E-state index contributed by atoms with van der Waals surface area (Å²) < 4.78 is 27.6. The van der Waals surface area contributed by atoms with E-state index >= 15 is 0 Å². The van der Waals surface area contributed by atoms with Gasteiger partial charge in [0.2, 0.25) is 0 Å². The Hall–Kier alpha value is -4.13. The van der Waals surface area contributed by atoms with E-state index in [2.05, 4.69) is 15.6 Å². The number of aromatic nitrogens is 1. The highest BCUT2D eigenvalue weighted by atomic mass is 19.1. The Bertz CT molecular complexity index is 1370. The lowest BCUT2D eigenvalue weighted by atomic mass is 9.72. The topological polar surface area (TPSA) is 71.1 Å². The Kier molecular flexibility index (Phi) is 5.99. The fourth-order valence-electron chi connectivity index (χ4n) is 4.92. The number of anilines is 1. The molecule has 2 heterocycles. The number of carbonyl (C=O) groups excluding carboxylic acids is 2. The number of allylic oxidation sites excluding steroid dienone is 3. The zero-order chi connectivity index (χ0) is 24.5. The number of pyridine rings is 1. The highest BCUT2D eigenvalue weighted by molar-refractivity contribution is 6.09. The average Bonchev–Trinajstić information content (AvgIpc) is 2.85. The van der Waals surface area contributed by atoms with Crippen molar-refractivity contribution in [1.82, 2.24) is 10.3 Å². The van der Waals surface area contributed by atoms with Gasteiger partial charge in [-0.15, -0.1) is 0 Å². The number of benzene rings is 2. The van der Waals surface area contributed by atoms with Gasteiger partial charge in [-0.3, -0.25) is 14.6 Å². The third kappa shape index (κ3) is 4.37. The molecule has 176 valence electrons. The van der Waals surface area contributed by atoms with Crippen molar-refractivity contribution in [2.75, 3.05) is 5.32 Å². The van der Waals surface area contributed by atoms with E-state index in [0.717, 1.165) is 17.3 Å². The van der Waals surface area contributed by atoms with Crippen molar-refractivity contribution in [3.63, 3.8) is 0 Å². The highest BCUT2D eigenvalue weighted by Gasteiger charge is 2.41. The minimum atomic E-state index is -0.880. The monoisotopic (exact) mass is 471 g/mol. The first kappa shape index (κ1) is 22.7.